The molecular weight excluding hydrogens is 543 g/mol. The van der Waals surface area contributed by atoms with Crippen LogP contribution in [0.5, 0.6) is 17.2 Å². The summed E-state index contributed by atoms with van der Waals surface area (Å²) in [6.45, 7) is 0. The highest BCUT2D eigenvalue weighted by Crippen LogP contribution is 2.35. The van der Waals surface area contributed by atoms with Crippen LogP contribution < -0.4 is 24.8 Å². The number of amides is 2. The van der Waals surface area contributed by atoms with Crippen LogP contribution in [0.3, 0.4) is 0 Å². The minimum absolute atomic E-state index is 0.0117. The Morgan fingerprint density at radius 1 is 0.805 bits per heavy atom. The molecule has 0 aliphatic heterocycles. The minimum atomic E-state index is -0.544. The van der Waals surface area contributed by atoms with Crippen molar-refractivity contribution in [3.8, 4) is 17.2 Å². The molecule has 0 atom stereocenters. The van der Waals surface area contributed by atoms with E-state index in [1.54, 1.807) is 72.8 Å². The quantitative estimate of drug-likeness (QED) is 0.157. The van der Waals surface area contributed by atoms with Crippen molar-refractivity contribution < 1.29 is 28.2 Å². The third-order valence-electron chi connectivity index (χ3n) is 6.03. The van der Waals surface area contributed by atoms with Crippen molar-refractivity contribution in [2.45, 2.75) is 10.6 Å². The molecule has 0 heterocycles. The van der Waals surface area contributed by atoms with Crippen LogP contribution in [0.2, 0.25) is 0 Å². The summed E-state index contributed by atoms with van der Waals surface area (Å²) in [5, 5.41) is 5.55. The van der Waals surface area contributed by atoms with Crippen molar-refractivity contribution >= 4 is 35.3 Å². The number of benzene rings is 4. The molecule has 4 aromatic carbocycles. The number of ether oxygens (including phenoxy) is 3. The van der Waals surface area contributed by atoms with Gasteiger partial charge < -0.3 is 24.8 Å². The summed E-state index contributed by atoms with van der Waals surface area (Å²) in [6, 6.07) is 25.7. The number of nitrogens with one attached hydrogen (secondary N) is 2. The van der Waals surface area contributed by atoms with E-state index in [1.165, 1.54) is 45.2 Å². The first-order valence-electron chi connectivity index (χ1n) is 12.6. The number of halogens is 1. The van der Waals surface area contributed by atoms with Crippen molar-refractivity contribution in [1.82, 2.24) is 5.32 Å². The van der Waals surface area contributed by atoms with Crippen LogP contribution in [0.25, 0.3) is 6.08 Å². The lowest BCUT2D eigenvalue weighted by Gasteiger charge is -2.15. The molecule has 0 aliphatic carbocycles. The van der Waals surface area contributed by atoms with Gasteiger partial charge in [-0.3, -0.25) is 9.59 Å². The van der Waals surface area contributed by atoms with Gasteiger partial charge in [0.2, 0.25) is 0 Å². The van der Waals surface area contributed by atoms with Crippen molar-refractivity contribution in [1.29, 1.82) is 0 Å². The summed E-state index contributed by atoms with van der Waals surface area (Å²) in [6.07, 6.45) is 1.51. The first kappa shape index (κ1) is 29.2. The second-order valence-corrected chi connectivity index (χ2v) is 9.73. The van der Waals surface area contributed by atoms with E-state index < -0.39 is 11.8 Å². The minimum Gasteiger partial charge on any atom is -0.496 e. The number of methoxy groups -OCH3 is 3. The van der Waals surface area contributed by atoms with Gasteiger partial charge in [-0.15, -0.1) is 11.8 Å². The fourth-order valence-electron chi connectivity index (χ4n) is 3.87. The third-order valence-corrected chi connectivity index (χ3v) is 7.09. The van der Waals surface area contributed by atoms with Gasteiger partial charge in [0.1, 0.15) is 17.3 Å². The number of anilines is 1. The largest absolute Gasteiger partial charge is 0.496 e. The van der Waals surface area contributed by atoms with Crippen LogP contribution >= 0.6 is 11.8 Å². The molecule has 0 saturated carbocycles. The van der Waals surface area contributed by atoms with Gasteiger partial charge in [0, 0.05) is 33.5 Å². The van der Waals surface area contributed by atoms with E-state index in [0.29, 0.717) is 45.4 Å². The van der Waals surface area contributed by atoms with Gasteiger partial charge in [-0.1, -0.05) is 36.4 Å². The lowest BCUT2D eigenvalue weighted by Crippen LogP contribution is -2.30. The fourth-order valence-corrected chi connectivity index (χ4v) is 4.76. The van der Waals surface area contributed by atoms with E-state index in [1.807, 2.05) is 12.1 Å². The SMILES string of the molecule is COc1cc(OC)c(OC)cc1/C=C(\NC(=O)c1ccccc1)C(=O)Nc1ccc(SCc2ccccc2F)cc1. The maximum absolute atomic E-state index is 13.9. The van der Waals surface area contributed by atoms with Crippen LogP contribution in [0.4, 0.5) is 10.1 Å². The zero-order valence-electron chi connectivity index (χ0n) is 22.8. The first-order valence-corrected chi connectivity index (χ1v) is 13.6. The molecule has 0 unspecified atom stereocenters. The molecule has 0 radical (unpaired) electrons. The maximum atomic E-state index is 13.9. The van der Waals surface area contributed by atoms with Crippen molar-refractivity contribution in [3.63, 3.8) is 0 Å². The third kappa shape index (κ3) is 7.67. The number of thioether (sulfide) groups is 1. The van der Waals surface area contributed by atoms with Crippen LogP contribution in [0, 0.1) is 5.82 Å². The Balaban J connectivity index is 1.58. The highest BCUT2D eigenvalue weighted by molar-refractivity contribution is 7.98. The van der Waals surface area contributed by atoms with Gasteiger partial charge in [-0.05, 0) is 60.2 Å². The molecule has 2 N–H and O–H groups in total. The van der Waals surface area contributed by atoms with Gasteiger partial charge in [0.25, 0.3) is 11.8 Å². The van der Waals surface area contributed by atoms with E-state index in [2.05, 4.69) is 10.6 Å². The molecule has 0 spiro atoms. The van der Waals surface area contributed by atoms with Crippen LogP contribution in [-0.4, -0.2) is 33.1 Å². The molecule has 2 amide bonds. The lowest BCUT2D eigenvalue weighted by atomic mass is 10.1. The van der Waals surface area contributed by atoms with E-state index in [-0.39, 0.29) is 11.5 Å². The molecular formula is C32H29FN2O5S. The average Bonchev–Trinajstić information content (AvgIpc) is 3.01. The van der Waals surface area contributed by atoms with Gasteiger partial charge >= 0.3 is 0 Å². The van der Waals surface area contributed by atoms with Gasteiger partial charge in [-0.2, -0.15) is 0 Å². The standard InChI is InChI=1S/C32H29FN2O5S/c1-38-28-19-30(40-3)29(39-2)18-23(28)17-27(35-31(36)21-9-5-4-6-10-21)32(37)34-24-13-15-25(16-14-24)41-20-22-11-7-8-12-26(22)33/h4-19H,20H2,1-3H3,(H,34,37)(H,35,36)/b27-17-. The van der Waals surface area contributed by atoms with Crippen molar-refractivity contribution in [2.24, 2.45) is 0 Å². The Morgan fingerprint density at radius 3 is 2.10 bits per heavy atom. The fraction of sp³-hybridized carbons (Fsp3) is 0.125. The molecule has 4 rings (SSSR count). The molecule has 0 fully saturated rings. The zero-order valence-corrected chi connectivity index (χ0v) is 23.6. The Morgan fingerprint density at radius 2 is 1.44 bits per heavy atom. The summed E-state index contributed by atoms with van der Waals surface area (Å²) in [7, 11) is 4.50. The Labute approximate surface area is 242 Å². The van der Waals surface area contributed by atoms with Gasteiger partial charge in [0.05, 0.1) is 21.3 Å². The number of hydrogen-bond acceptors (Lipinski definition) is 6. The number of carbonyl (C=O) groups is 2. The van der Waals surface area contributed by atoms with E-state index in [0.717, 1.165) is 4.90 Å². The Hall–Kier alpha value is -4.76. The summed E-state index contributed by atoms with van der Waals surface area (Å²) >= 11 is 1.48. The highest BCUT2D eigenvalue weighted by atomic mass is 32.2. The number of rotatable bonds is 11. The second-order valence-electron chi connectivity index (χ2n) is 8.69. The second kappa shape index (κ2) is 14.0. The Bertz CT molecular complexity index is 1540. The van der Waals surface area contributed by atoms with Crippen molar-refractivity contribution in [2.75, 3.05) is 26.6 Å². The average molecular weight is 573 g/mol. The van der Waals surface area contributed by atoms with E-state index >= 15 is 0 Å². The molecule has 41 heavy (non-hydrogen) atoms. The topological polar surface area (TPSA) is 85.9 Å². The first-order chi connectivity index (χ1) is 19.9. The summed E-state index contributed by atoms with van der Waals surface area (Å²) < 4.78 is 30.2. The number of carbonyl (C=O) groups excluding carboxylic acids is 2. The summed E-state index contributed by atoms with van der Waals surface area (Å²) in [5.74, 6) is 0.532. The smallest absolute Gasteiger partial charge is 0.272 e. The van der Waals surface area contributed by atoms with Crippen molar-refractivity contribution in [3.05, 3.63) is 119 Å². The molecule has 4 aromatic rings. The van der Waals surface area contributed by atoms with E-state index in [9.17, 15) is 14.0 Å². The monoisotopic (exact) mass is 572 g/mol. The van der Waals surface area contributed by atoms with Crippen LogP contribution in [-0.2, 0) is 10.5 Å². The summed E-state index contributed by atoms with van der Waals surface area (Å²) in [4.78, 5) is 27.4. The molecule has 0 bridgehead atoms. The number of hydrogen-bond donors (Lipinski definition) is 2. The van der Waals surface area contributed by atoms with Gasteiger partial charge in [-0.25, -0.2) is 4.39 Å². The van der Waals surface area contributed by atoms with Crippen LogP contribution in [0.15, 0.2) is 102 Å². The molecule has 210 valence electrons. The molecule has 0 saturated heterocycles. The molecule has 0 aromatic heterocycles. The van der Waals surface area contributed by atoms with Gasteiger partial charge in [0.15, 0.2) is 11.5 Å². The maximum Gasteiger partial charge on any atom is 0.272 e. The summed E-state index contributed by atoms with van der Waals surface area (Å²) in [5.41, 5.74) is 2.00. The molecule has 7 nitrogen and oxygen atoms in total. The normalized spacial score (nSPS) is 11.0. The zero-order chi connectivity index (χ0) is 29.2. The highest BCUT2D eigenvalue weighted by Gasteiger charge is 2.18. The van der Waals surface area contributed by atoms with Crippen LogP contribution in [0.1, 0.15) is 21.5 Å². The molecule has 0 aliphatic rings. The predicted octanol–water partition coefficient (Wildman–Crippen LogP) is 6.55. The Kier molecular flexibility index (Phi) is 10.0. The lowest BCUT2D eigenvalue weighted by molar-refractivity contribution is -0.113. The molecule has 9 heteroatoms. The van der Waals surface area contributed by atoms with E-state index in [4.69, 9.17) is 14.2 Å². The predicted molar refractivity (Wildman–Crippen MR) is 159 cm³/mol.